The first kappa shape index (κ1) is 21.4. The van der Waals surface area contributed by atoms with Crippen molar-refractivity contribution < 1.29 is 14.3 Å². The molecule has 0 atom stereocenters. The maximum absolute atomic E-state index is 13.3. The molecule has 0 N–H and O–H groups in total. The number of hydrogen-bond donors (Lipinski definition) is 0. The lowest BCUT2D eigenvalue weighted by atomic mass is 9.95. The Morgan fingerprint density at radius 2 is 1.87 bits per heavy atom. The molecule has 0 unspecified atom stereocenters. The van der Waals surface area contributed by atoms with Crippen LogP contribution in [0.5, 0.6) is 11.5 Å². The van der Waals surface area contributed by atoms with Gasteiger partial charge in [-0.05, 0) is 43.2 Å². The Bertz CT molecular complexity index is 1150. The molecule has 0 aliphatic heterocycles. The number of fused-ring (bicyclic) bond motifs is 1. The minimum Gasteiger partial charge on any atom is -0.497 e. The fourth-order valence-electron chi connectivity index (χ4n) is 4.13. The third kappa shape index (κ3) is 4.46. The molecule has 1 heterocycles. The molecule has 3 aromatic rings. The van der Waals surface area contributed by atoms with E-state index in [1.54, 1.807) is 25.3 Å². The van der Waals surface area contributed by atoms with Crippen molar-refractivity contribution in [2.24, 2.45) is 0 Å². The van der Waals surface area contributed by atoms with Gasteiger partial charge in [-0.3, -0.25) is 14.2 Å². The van der Waals surface area contributed by atoms with Crippen LogP contribution in [0.1, 0.15) is 48.5 Å². The van der Waals surface area contributed by atoms with Gasteiger partial charge in [0.2, 0.25) is 0 Å². The summed E-state index contributed by atoms with van der Waals surface area (Å²) in [6.45, 7) is 0. The summed E-state index contributed by atoms with van der Waals surface area (Å²) < 4.78 is 12.4. The number of hydrogen-bond acceptors (Lipinski definition) is 6. The van der Waals surface area contributed by atoms with Gasteiger partial charge in [-0.25, -0.2) is 4.98 Å². The number of ketones is 1. The Hall–Kier alpha value is -2.80. The molecule has 6 nitrogen and oxygen atoms in total. The molecular formula is C24H26N2O4S. The molecule has 31 heavy (non-hydrogen) atoms. The summed E-state index contributed by atoms with van der Waals surface area (Å²) in [6.07, 6.45) is 5.33. The highest BCUT2D eigenvalue weighted by Gasteiger charge is 2.23. The second kappa shape index (κ2) is 9.56. The van der Waals surface area contributed by atoms with Gasteiger partial charge in [0, 0.05) is 6.04 Å². The summed E-state index contributed by atoms with van der Waals surface area (Å²) >= 11 is 1.31. The normalized spacial score (nSPS) is 14.5. The number of carbonyl (C=O) groups is 1. The van der Waals surface area contributed by atoms with Gasteiger partial charge < -0.3 is 9.47 Å². The van der Waals surface area contributed by atoms with Crippen molar-refractivity contribution >= 4 is 28.4 Å². The standard InChI is InChI=1S/C24H26N2O4S/c1-29-17-12-13-22(30-2)19(14-17)21(27)15-31-24-25-20-11-7-6-10-18(20)23(28)26(24)16-8-4-3-5-9-16/h6-7,10-14,16H,3-5,8-9,15H2,1-2H3. The Kier molecular flexibility index (Phi) is 6.61. The van der Waals surface area contributed by atoms with Crippen LogP contribution in [-0.2, 0) is 0 Å². The number of methoxy groups -OCH3 is 2. The molecule has 1 saturated carbocycles. The summed E-state index contributed by atoms with van der Waals surface area (Å²) in [7, 11) is 3.10. The van der Waals surface area contributed by atoms with Crippen molar-refractivity contribution in [2.75, 3.05) is 20.0 Å². The number of carbonyl (C=O) groups excluding carboxylic acids is 1. The van der Waals surface area contributed by atoms with E-state index in [1.807, 2.05) is 28.8 Å². The lowest BCUT2D eigenvalue weighted by molar-refractivity contribution is 0.101. The Morgan fingerprint density at radius 1 is 1.10 bits per heavy atom. The van der Waals surface area contributed by atoms with Gasteiger partial charge in [-0.2, -0.15) is 0 Å². The van der Waals surface area contributed by atoms with Crippen molar-refractivity contribution in [1.82, 2.24) is 9.55 Å². The summed E-state index contributed by atoms with van der Waals surface area (Å²) in [5.74, 6) is 1.15. The zero-order valence-electron chi connectivity index (χ0n) is 17.8. The van der Waals surface area contributed by atoms with Gasteiger partial charge in [0.05, 0.1) is 36.4 Å². The van der Waals surface area contributed by atoms with Crippen molar-refractivity contribution in [2.45, 2.75) is 43.3 Å². The molecule has 2 aromatic carbocycles. The van der Waals surface area contributed by atoms with Crippen LogP contribution < -0.4 is 15.0 Å². The molecule has 1 fully saturated rings. The molecule has 4 rings (SSSR count). The highest BCUT2D eigenvalue weighted by atomic mass is 32.2. The lowest BCUT2D eigenvalue weighted by Gasteiger charge is -2.26. The smallest absolute Gasteiger partial charge is 0.262 e. The molecule has 7 heteroatoms. The van der Waals surface area contributed by atoms with Crippen LogP contribution in [-0.4, -0.2) is 35.3 Å². The second-order valence-corrected chi connectivity index (χ2v) is 8.60. The molecule has 162 valence electrons. The van der Waals surface area contributed by atoms with E-state index in [0.717, 1.165) is 25.7 Å². The fourth-order valence-corrected chi connectivity index (χ4v) is 5.08. The van der Waals surface area contributed by atoms with Crippen molar-refractivity contribution in [3.63, 3.8) is 0 Å². The molecule has 0 amide bonds. The summed E-state index contributed by atoms with van der Waals surface area (Å²) in [5, 5.41) is 1.23. The number of benzene rings is 2. The second-order valence-electron chi connectivity index (χ2n) is 7.66. The van der Waals surface area contributed by atoms with Crippen molar-refractivity contribution in [1.29, 1.82) is 0 Å². The fraction of sp³-hybridized carbons (Fsp3) is 0.375. The van der Waals surface area contributed by atoms with Crippen LogP contribution in [0, 0.1) is 0 Å². The minimum absolute atomic E-state index is 0.0218. The predicted molar refractivity (Wildman–Crippen MR) is 123 cm³/mol. The van der Waals surface area contributed by atoms with Gasteiger partial charge in [-0.15, -0.1) is 0 Å². The van der Waals surface area contributed by atoms with E-state index in [9.17, 15) is 9.59 Å². The number of Topliss-reactive ketones (excluding diaryl/α,β-unsaturated/α-hetero) is 1. The lowest BCUT2D eigenvalue weighted by Crippen LogP contribution is -2.29. The van der Waals surface area contributed by atoms with Crippen LogP contribution in [0.25, 0.3) is 10.9 Å². The highest BCUT2D eigenvalue weighted by molar-refractivity contribution is 7.99. The number of aromatic nitrogens is 2. The summed E-state index contributed by atoms with van der Waals surface area (Å²) in [6, 6.07) is 12.7. The predicted octanol–water partition coefficient (Wildman–Crippen LogP) is 4.89. The van der Waals surface area contributed by atoms with Crippen LogP contribution in [0.15, 0.2) is 52.4 Å². The van der Waals surface area contributed by atoms with Crippen molar-refractivity contribution in [3.8, 4) is 11.5 Å². The Morgan fingerprint density at radius 3 is 2.61 bits per heavy atom. The number of thioether (sulfide) groups is 1. The van der Waals surface area contributed by atoms with E-state index in [4.69, 9.17) is 14.5 Å². The van der Waals surface area contributed by atoms with Gasteiger partial charge in [-0.1, -0.05) is 43.2 Å². The zero-order valence-corrected chi connectivity index (χ0v) is 18.6. The van der Waals surface area contributed by atoms with E-state index in [-0.39, 0.29) is 23.1 Å². The quantitative estimate of drug-likeness (QED) is 0.297. The number of ether oxygens (including phenoxy) is 2. The van der Waals surface area contributed by atoms with E-state index in [1.165, 1.54) is 25.3 Å². The molecule has 1 aromatic heterocycles. The van der Waals surface area contributed by atoms with Crippen LogP contribution >= 0.6 is 11.8 Å². The van der Waals surface area contributed by atoms with E-state index >= 15 is 0 Å². The summed E-state index contributed by atoms with van der Waals surface area (Å²) in [5.41, 5.74) is 1.10. The SMILES string of the molecule is COc1ccc(OC)c(C(=O)CSc2nc3ccccc3c(=O)n2C2CCCCC2)c1. The maximum atomic E-state index is 13.3. The van der Waals surface area contributed by atoms with E-state index < -0.39 is 0 Å². The molecular weight excluding hydrogens is 412 g/mol. The average molecular weight is 439 g/mol. The van der Waals surface area contributed by atoms with Gasteiger partial charge in [0.1, 0.15) is 11.5 Å². The molecule has 0 bridgehead atoms. The van der Waals surface area contributed by atoms with Crippen molar-refractivity contribution in [3.05, 3.63) is 58.4 Å². The first-order valence-electron chi connectivity index (χ1n) is 10.5. The third-order valence-corrected chi connectivity index (χ3v) is 6.71. The first-order chi connectivity index (χ1) is 15.1. The topological polar surface area (TPSA) is 70.4 Å². The third-order valence-electron chi connectivity index (χ3n) is 5.75. The molecule has 0 spiro atoms. The number of nitrogens with zero attached hydrogens (tertiary/aromatic N) is 2. The van der Waals surface area contributed by atoms with Crippen LogP contribution in [0.2, 0.25) is 0 Å². The van der Waals surface area contributed by atoms with Crippen LogP contribution in [0.4, 0.5) is 0 Å². The minimum atomic E-state index is -0.0987. The van der Waals surface area contributed by atoms with Crippen LogP contribution in [0.3, 0.4) is 0 Å². The van der Waals surface area contributed by atoms with Gasteiger partial charge in [0.15, 0.2) is 10.9 Å². The number of para-hydroxylation sites is 1. The maximum Gasteiger partial charge on any atom is 0.262 e. The molecule has 1 aliphatic rings. The Balaban J connectivity index is 1.68. The Labute approximate surface area is 185 Å². The average Bonchev–Trinajstić information content (AvgIpc) is 2.82. The monoisotopic (exact) mass is 438 g/mol. The molecule has 1 aliphatic carbocycles. The zero-order chi connectivity index (χ0) is 21.8. The van der Waals surface area contributed by atoms with E-state index in [0.29, 0.717) is 33.1 Å². The molecule has 0 saturated heterocycles. The largest absolute Gasteiger partial charge is 0.497 e. The molecule has 0 radical (unpaired) electrons. The van der Waals surface area contributed by atoms with Gasteiger partial charge in [0.25, 0.3) is 5.56 Å². The number of rotatable bonds is 7. The first-order valence-corrected chi connectivity index (χ1v) is 11.5. The summed E-state index contributed by atoms with van der Waals surface area (Å²) in [4.78, 5) is 31.1. The van der Waals surface area contributed by atoms with E-state index in [2.05, 4.69) is 0 Å². The highest BCUT2D eigenvalue weighted by Crippen LogP contribution is 2.32. The van der Waals surface area contributed by atoms with Gasteiger partial charge >= 0.3 is 0 Å².